The molecule has 1 aromatic heterocycles. The van der Waals surface area contributed by atoms with Crippen LogP contribution >= 0.6 is 23.2 Å². The van der Waals surface area contributed by atoms with Gasteiger partial charge in [-0.1, -0.05) is 23.2 Å². The molecule has 1 aliphatic rings. The van der Waals surface area contributed by atoms with Crippen molar-refractivity contribution in [2.75, 3.05) is 18.5 Å². The number of ether oxygens (including phenoxy) is 1. The van der Waals surface area contributed by atoms with Gasteiger partial charge in [0.15, 0.2) is 6.61 Å². The van der Waals surface area contributed by atoms with Gasteiger partial charge in [0.2, 0.25) is 5.91 Å². The molecule has 1 aromatic carbocycles. The fraction of sp³-hybridized carbons (Fsp3) is 0.278. The van der Waals surface area contributed by atoms with Gasteiger partial charge < -0.3 is 19.4 Å². The van der Waals surface area contributed by atoms with Gasteiger partial charge in [0.1, 0.15) is 5.76 Å². The van der Waals surface area contributed by atoms with Crippen molar-refractivity contribution in [3.63, 3.8) is 0 Å². The standard InChI is InChI=1S/C18H16Cl2N2O5/c19-12-3-4-14(20)15(7-12)21-16(23)10-27-18(25)11-6-17(24)22(8-11)9-13-2-1-5-26-13/h1-5,7,11H,6,8-10H2,(H,21,23)/t11-/m1/s1. The van der Waals surface area contributed by atoms with Crippen LogP contribution in [-0.4, -0.2) is 35.8 Å². The summed E-state index contributed by atoms with van der Waals surface area (Å²) in [6, 6.07) is 8.11. The van der Waals surface area contributed by atoms with E-state index in [-0.39, 0.29) is 18.9 Å². The van der Waals surface area contributed by atoms with Crippen LogP contribution in [0.1, 0.15) is 12.2 Å². The number of furan rings is 1. The van der Waals surface area contributed by atoms with Crippen LogP contribution in [0.25, 0.3) is 0 Å². The minimum Gasteiger partial charge on any atom is -0.467 e. The molecule has 0 unspecified atom stereocenters. The van der Waals surface area contributed by atoms with Crippen LogP contribution in [-0.2, 0) is 25.7 Å². The minimum absolute atomic E-state index is 0.0429. The third-order valence-corrected chi connectivity index (χ3v) is 4.59. The molecule has 2 heterocycles. The van der Waals surface area contributed by atoms with Crippen molar-refractivity contribution in [3.05, 3.63) is 52.4 Å². The molecule has 7 nitrogen and oxygen atoms in total. The molecule has 0 saturated carbocycles. The molecule has 0 aliphatic carbocycles. The predicted octanol–water partition coefficient (Wildman–Crippen LogP) is 3.12. The number of carbonyl (C=O) groups is 3. The van der Waals surface area contributed by atoms with Crippen molar-refractivity contribution >= 4 is 46.7 Å². The highest BCUT2D eigenvalue weighted by molar-refractivity contribution is 6.35. The average molecular weight is 411 g/mol. The first-order valence-corrected chi connectivity index (χ1v) is 8.89. The fourth-order valence-electron chi connectivity index (χ4n) is 2.71. The third kappa shape index (κ3) is 5.02. The molecular formula is C18H16Cl2N2O5. The van der Waals surface area contributed by atoms with E-state index in [4.69, 9.17) is 32.4 Å². The summed E-state index contributed by atoms with van der Waals surface area (Å²) in [6.45, 7) is 0.0357. The first-order chi connectivity index (χ1) is 12.9. The van der Waals surface area contributed by atoms with Crippen molar-refractivity contribution in [1.82, 2.24) is 4.90 Å². The second-order valence-electron chi connectivity index (χ2n) is 6.03. The third-order valence-electron chi connectivity index (χ3n) is 4.02. The first kappa shape index (κ1) is 19.3. The summed E-state index contributed by atoms with van der Waals surface area (Å²) in [5.74, 6) is -1.30. The van der Waals surface area contributed by atoms with Gasteiger partial charge in [-0.2, -0.15) is 0 Å². The molecule has 1 atom stereocenters. The van der Waals surface area contributed by atoms with Gasteiger partial charge in [-0.3, -0.25) is 14.4 Å². The van der Waals surface area contributed by atoms with Crippen LogP contribution in [0, 0.1) is 5.92 Å². The van der Waals surface area contributed by atoms with Gasteiger partial charge >= 0.3 is 5.97 Å². The number of likely N-dealkylation sites (tertiary alicyclic amines) is 1. The summed E-state index contributed by atoms with van der Waals surface area (Å²) >= 11 is 11.8. The molecule has 27 heavy (non-hydrogen) atoms. The number of anilines is 1. The minimum atomic E-state index is -0.616. The molecule has 142 valence electrons. The maximum atomic E-state index is 12.2. The molecule has 1 fully saturated rings. The highest BCUT2D eigenvalue weighted by Crippen LogP contribution is 2.25. The summed E-state index contributed by atoms with van der Waals surface area (Å²) < 4.78 is 10.2. The number of amides is 2. The number of esters is 1. The second-order valence-corrected chi connectivity index (χ2v) is 6.88. The maximum Gasteiger partial charge on any atom is 0.311 e. The van der Waals surface area contributed by atoms with E-state index < -0.39 is 24.4 Å². The number of nitrogens with one attached hydrogen (secondary N) is 1. The van der Waals surface area contributed by atoms with Gasteiger partial charge in [-0.15, -0.1) is 0 Å². The Balaban J connectivity index is 1.48. The number of nitrogens with zero attached hydrogens (tertiary/aromatic N) is 1. The van der Waals surface area contributed by atoms with Crippen molar-refractivity contribution in [3.8, 4) is 0 Å². The molecule has 9 heteroatoms. The maximum absolute atomic E-state index is 12.2. The lowest BCUT2D eigenvalue weighted by Gasteiger charge is -2.14. The molecule has 0 radical (unpaired) electrons. The van der Waals surface area contributed by atoms with E-state index in [0.29, 0.717) is 28.0 Å². The van der Waals surface area contributed by atoms with E-state index in [0.717, 1.165) is 0 Å². The van der Waals surface area contributed by atoms with Gasteiger partial charge in [-0.05, 0) is 30.3 Å². The molecule has 3 rings (SSSR count). The molecule has 1 aliphatic heterocycles. The Labute approximate surface area is 165 Å². The summed E-state index contributed by atoms with van der Waals surface area (Å²) in [4.78, 5) is 37.7. The van der Waals surface area contributed by atoms with E-state index in [2.05, 4.69) is 5.32 Å². The molecule has 0 bridgehead atoms. The van der Waals surface area contributed by atoms with Crippen molar-refractivity contribution in [1.29, 1.82) is 0 Å². The zero-order valence-corrected chi connectivity index (χ0v) is 15.6. The van der Waals surface area contributed by atoms with E-state index in [9.17, 15) is 14.4 Å². The monoisotopic (exact) mass is 410 g/mol. The summed E-state index contributed by atoms with van der Waals surface area (Å²) in [5.41, 5.74) is 0.325. The average Bonchev–Trinajstić information content (AvgIpc) is 3.27. The Morgan fingerprint density at radius 1 is 1.30 bits per heavy atom. The Bertz CT molecular complexity index is 853. The number of rotatable bonds is 6. The highest BCUT2D eigenvalue weighted by atomic mass is 35.5. The smallest absolute Gasteiger partial charge is 0.311 e. The molecule has 2 amide bonds. The second kappa shape index (κ2) is 8.45. The summed E-state index contributed by atoms with van der Waals surface area (Å²) in [6.07, 6.45) is 1.56. The lowest BCUT2D eigenvalue weighted by molar-refractivity contribution is -0.151. The van der Waals surface area contributed by atoms with E-state index >= 15 is 0 Å². The van der Waals surface area contributed by atoms with Gasteiger partial charge in [0.05, 0.1) is 29.4 Å². The lowest BCUT2D eigenvalue weighted by Crippen LogP contribution is -2.28. The SMILES string of the molecule is O=C(COC(=O)[C@@H]1CC(=O)N(Cc2ccco2)C1)Nc1cc(Cl)ccc1Cl. The summed E-state index contributed by atoms with van der Waals surface area (Å²) in [7, 11) is 0. The lowest BCUT2D eigenvalue weighted by atomic mass is 10.1. The molecule has 2 aromatic rings. The Morgan fingerprint density at radius 2 is 2.11 bits per heavy atom. The van der Waals surface area contributed by atoms with Crippen molar-refractivity contribution in [2.45, 2.75) is 13.0 Å². The van der Waals surface area contributed by atoms with Crippen LogP contribution in [0.2, 0.25) is 10.0 Å². The Hall–Kier alpha value is -2.51. The van der Waals surface area contributed by atoms with Gasteiger partial charge in [0, 0.05) is 18.0 Å². The van der Waals surface area contributed by atoms with Crippen LogP contribution < -0.4 is 5.32 Å². The molecule has 1 saturated heterocycles. The van der Waals surface area contributed by atoms with Crippen LogP contribution in [0.15, 0.2) is 41.0 Å². The summed E-state index contributed by atoms with van der Waals surface area (Å²) in [5, 5.41) is 3.25. The molecule has 0 spiro atoms. The van der Waals surface area contributed by atoms with Crippen LogP contribution in [0.4, 0.5) is 5.69 Å². The topological polar surface area (TPSA) is 88.9 Å². The van der Waals surface area contributed by atoms with Crippen molar-refractivity contribution in [2.24, 2.45) is 5.92 Å². The van der Waals surface area contributed by atoms with E-state index in [1.165, 1.54) is 17.2 Å². The van der Waals surface area contributed by atoms with Gasteiger partial charge in [0.25, 0.3) is 5.91 Å². The van der Waals surface area contributed by atoms with Gasteiger partial charge in [-0.25, -0.2) is 0 Å². The quantitative estimate of drug-likeness (QED) is 0.738. The van der Waals surface area contributed by atoms with E-state index in [1.54, 1.807) is 24.3 Å². The predicted molar refractivity (Wildman–Crippen MR) is 98.3 cm³/mol. The Kier molecular flexibility index (Phi) is 6.03. The number of halogens is 2. The number of hydrogen-bond acceptors (Lipinski definition) is 5. The number of benzene rings is 1. The zero-order chi connectivity index (χ0) is 19.4. The number of carbonyl (C=O) groups excluding carboxylic acids is 3. The molecular weight excluding hydrogens is 395 g/mol. The van der Waals surface area contributed by atoms with Crippen LogP contribution in [0.3, 0.4) is 0 Å². The molecule has 1 N–H and O–H groups in total. The van der Waals surface area contributed by atoms with E-state index in [1.807, 2.05) is 0 Å². The zero-order valence-electron chi connectivity index (χ0n) is 14.1. The first-order valence-electron chi connectivity index (χ1n) is 8.14. The van der Waals surface area contributed by atoms with Crippen molar-refractivity contribution < 1.29 is 23.5 Å². The largest absolute Gasteiger partial charge is 0.467 e. The van der Waals surface area contributed by atoms with Crippen LogP contribution in [0.5, 0.6) is 0 Å². The number of hydrogen-bond donors (Lipinski definition) is 1. The Morgan fingerprint density at radius 3 is 2.85 bits per heavy atom. The normalized spacial score (nSPS) is 16.4. The fourth-order valence-corrected chi connectivity index (χ4v) is 3.04. The highest BCUT2D eigenvalue weighted by Gasteiger charge is 2.35.